The van der Waals surface area contributed by atoms with Gasteiger partial charge in [-0.3, -0.25) is 4.72 Å². The largest absolute Gasteiger partial charge is 0.417 e. The fraction of sp³-hybridized carbons (Fsp3) is 0.0769. The lowest BCUT2D eigenvalue weighted by Crippen LogP contribution is -2.14. The average molecular weight is 354 g/mol. The summed E-state index contributed by atoms with van der Waals surface area (Å²) < 4.78 is 77.2. The number of sulfonamides is 1. The Kier molecular flexibility index (Phi) is 4.35. The van der Waals surface area contributed by atoms with Crippen LogP contribution >= 0.6 is 11.6 Å². The first-order valence-corrected chi connectivity index (χ1v) is 7.61. The summed E-state index contributed by atoms with van der Waals surface area (Å²) >= 11 is 5.44. The Morgan fingerprint density at radius 3 is 2.32 bits per heavy atom. The molecule has 2 aromatic carbocycles. The molecule has 0 unspecified atom stereocenters. The minimum absolute atomic E-state index is 0.332. The maximum Gasteiger partial charge on any atom is 0.417 e. The molecule has 0 aliphatic carbocycles. The summed E-state index contributed by atoms with van der Waals surface area (Å²) in [6, 6.07) is 6.66. The summed E-state index contributed by atoms with van der Waals surface area (Å²) in [5.74, 6) is -0.782. The molecular formula is C13H8ClF4NO2S. The van der Waals surface area contributed by atoms with E-state index in [1.807, 2.05) is 4.72 Å². The minimum atomic E-state index is -4.72. The molecule has 0 radical (unpaired) electrons. The van der Waals surface area contributed by atoms with Gasteiger partial charge in [0.25, 0.3) is 10.0 Å². The number of anilines is 1. The molecule has 22 heavy (non-hydrogen) atoms. The molecule has 0 heterocycles. The van der Waals surface area contributed by atoms with Gasteiger partial charge < -0.3 is 0 Å². The normalized spacial score (nSPS) is 12.2. The Morgan fingerprint density at radius 1 is 1.05 bits per heavy atom. The highest BCUT2D eigenvalue weighted by Crippen LogP contribution is 2.36. The first-order chi connectivity index (χ1) is 10.1. The molecule has 0 aliphatic heterocycles. The van der Waals surface area contributed by atoms with Gasteiger partial charge in [0.1, 0.15) is 5.82 Å². The van der Waals surface area contributed by atoms with Gasteiger partial charge in [-0.25, -0.2) is 12.8 Å². The van der Waals surface area contributed by atoms with Crippen LogP contribution < -0.4 is 4.72 Å². The number of benzene rings is 2. The summed E-state index contributed by atoms with van der Waals surface area (Å²) in [6.45, 7) is 0. The molecule has 0 spiro atoms. The van der Waals surface area contributed by atoms with Crippen LogP contribution in [-0.2, 0) is 16.2 Å². The molecule has 0 atom stereocenters. The van der Waals surface area contributed by atoms with E-state index in [1.54, 1.807) is 0 Å². The third-order valence-electron chi connectivity index (χ3n) is 2.63. The van der Waals surface area contributed by atoms with E-state index in [9.17, 15) is 26.0 Å². The smallest absolute Gasteiger partial charge is 0.280 e. The molecule has 2 aromatic rings. The minimum Gasteiger partial charge on any atom is -0.280 e. The van der Waals surface area contributed by atoms with Crippen molar-refractivity contribution < 1.29 is 26.0 Å². The standard InChI is InChI=1S/C13H8ClF4NO2S/c14-12-5-4-9(7-11(12)13(16,17)18)19-22(20,21)10-3-1-2-8(15)6-10/h1-7,19H. The zero-order valence-corrected chi connectivity index (χ0v) is 12.2. The van der Waals surface area contributed by atoms with Crippen LogP contribution in [0.2, 0.25) is 5.02 Å². The molecule has 0 saturated carbocycles. The Bertz CT molecular complexity index is 806. The number of halogens is 5. The molecular weight excluding hydrogens is 346 g/mol. The van der Waals surface area contributed by atoms with Crippen molar-refractivity contribution in [1.29, 1.82) is 0 Å². The van der Waals surface area contributed by atoms with Crippen molar-refractivity contribution in [2.45, 2.75) is 11.1 Å². The fourth-order valence-electron chi connectivity index (χ4n) is 1.65. The SMILES string of the molecule is O=S(=O)(Nc1ccc(Cl)c(C(F)(F)F)c1)c1cccc(F)c1. The summed E-state index contributed by atoms with van der Waals surface area (Å²) in [7, 11) is -4.21. The molecule has 0 amide bonds. The molecule has 118 valence electrons. The van der Waals surface area contributed by atoms with Gasteiger partial charge in [-0.05, 0) is 36.4 Å². The van der Waals surface area contributed by atoms with Gasteiger partial charge in [-0.15, -0.1) is 0 Å². The molecule has 0 aliphatic rings. The fourth-order valence-corrected chi connectivity index (χ4v) is 2.96. The van der Waals surface area contributed by atoms with Crippen molar-refractivity contribution in [3.63, 3.8) is 0 Å². The summed E-state index contributed by atoms with van der Waals surface area (Å²) in [5.41, 5.74) is -1.51. The Labute approximate surface area is 128 Å². The van der Waals surface area contributed by atoms with Crippen molar-refractivity contribution in [3.8, 4) is 0 Å². The Balaban J connectivity index is 2.39. The summed E-state index contributed by atoms with van der Waals surface area (Å²) in [6.07, 6.45) is -4.72. The monoisotopic (exact) mass is 353 g/mol. The molecule has 3 nitrogen and oxygen atoms in total. The van der Waals surface area contributed by atoms with Crippen molar-refractivity contribution in [2.75, 3.05) is 4.72 Å². The molecule has 0 fully saturated rings. The lowest BCUT2D eigenvalue weighted by Gasteiger charge is -2.12. The number of rotatable bonds is 3. The highest BCUT2D eigenvalue weighted by Gasteiger charge is 2.33. The van der Waals surface area contributed by atoms with Gasteiger partial charge in [-0.2, -0.15) is 13.2 Å². The van der Waals surface area contributed by atoms with E-state index in [0.717, 1.165) is 30.3 Å². The zero-order valence-electron chi connectivity index (χ0n) is 10.7. The second kappa shape index (κ2) is 5.77. The molecule has 2 rings (SSSR count). The number of nitrogens with one attached hydrogen (secondary N) is 1. The van der Waals surface area contributed by atoms with Gasteiger partial charge in [0.2, 0.25) is 0 Å². The van der Waals surface area contributed by atoms with Gasteiger partial charge >= 0.3 is 6.18 Å². The topological polar surface area (TPSA) is 46.2 Å². The van der Waals surface area contributed by atoms with Crippen LogP contribution in [0, 0.1) is 5.82 Å². The lowest BCUT2D eigenvalue weighted by molar-refractivity contribution is -0.137. The predicted octanol–water partition coefficient (Wildman–Crippen LogP) is 4.30. The lowest BCUT2D eigenvalue weighted by atomic mass is 10.2. The second-order valence-electron chi connectivity index (χ2n) is 4.26. The van der Waals surface area contributed by atoms with Gasteiger partial charge in [0.05, 0.1) is 15.5 Å². The molecule has 1 N–H and O–H groups in total. The third-order valence-corrected chi connectivity index (χ3v) is 4.34. The maximum absolute atomic E-state index is 13.1. The van der Waals surface area contributed by atoms with Crippen LogP contribution in [0.1, 0.15) is 5.56 Å². The van der Waals surface area contributed by atoms with Crippen LogP contribution in [-0.4, -0.2) is 8.42 Å². The van der Waals surface area contributed by atoms with Crippen LogP contribution in [0.4, 0.5) is 23.2 Å². The molecule has 0 saturated heterocycles. The number of alkyl halides is 3. The van der Waals surface area contributed by atoms with E-state index in [2.05, 4.69) is 0 Å². The first-order valence-electron chi connectivity index (χ1n) is 5.75. The Hall–Kier alpha value is -1.80. The maximum atomic E-state index is 13.1. The quantitative estimate of drug-likeness (QED) is 0.836. The van der Waals surface area contributed by atoms with E-state index in [1.165, 1.54) is 6.07 Å². The zero-order chi connectivity index (χ0) is 16.5. The highest BCUT2D eigenvalue weighted by molar-refractivity contribution is 7.92. The van der Waals surface area contributed by atoms with E-state index in [4.69, 9.17) is 11.6 Å². The van der Waals surface area contributed by atoms with E-state index >= 15 is 0 Å². The Morgan fingerprint density at radius 2 is 1.73 bits per heavy atom. The van der Waals surface area contributed by atoms with Crippen LogP contribution in [0.25, 0.3) is 0 Å². The van der Waals surface area contributed by atoms with Crippen molar-refractivity contribution in [1.82, 2.24) is 0 Å². The van der Waals surface area contributed by atoms with Gasteiger partial charge in [0, 0.05) is 5.69 Å². The molecule has 0 bridgehead atoms. The number of hydrogen-bond donors (Lipinski definition) is 1. The first kappa shape index (κ1) is 16.6. The van der Waals surface area contributed by atoms with Crippen molar-refractivity contribution >= 4 is 27.3 Å². The van der Waals surface area contributed by atoms with Crippen LogP contribution in [0.5, 0.6) is 0 Å². The summed E-state index contributed by atoms with van der Waals surface area (Å²) in [4.78, 5) is -0.406. The van der Waals surface area contributed by atoms with Crippen molar-refractivity contribution in [2.24, 2.45) is 0 Å². The van der Waals surface area contributed by atoms with Gasteiger partial charge in [0.15, 0.2) is 0 Å². The molecule has 0 aromatic heterocycles. The van der Waals surface area contributed by atoms with E-state index in [-0.39, 0.29) is 5.69 Å². The predicted molar refractivity (Wildman–Crippen MR) is 73.7 cm³/mol. The third kappa shape index (κ3) is 3.69. The second-order valence-corrected chi connectivity index (χ2v) is 6.34. The van der Waals surface area contributed by atoms with Crippen LogP contribution in [0.15, 0.2) is 47.4 Å². The average Bonchev–Trinajstić information content (AvgIpc) is 2.39. The molecule has 9 heteroatoms. The highest BCUT2D eigenvalue weighted by atomic mass is 35.5. The van der Waals surface area contributed by atoms with Crippen molar-refractivity contribution in [3.05, 3.63) is 58.9 Å². The summed E-state index contributed by atoms with van der Waals surface area (Å²) in [5, 5.41) is -0.554. The van der Waals surface area contributed by atoms with Gasteiger partial charge in [-0.1, -0.05) is 17.7 Å². The number of hydrogen-bond acceptors (Lipinski definition) is 2. The van der Waals surface area contributed by atoms with E-state index < -0.39 is 37.5 Å². The van der Waals surface area contributed by atoms with E-state index in [0.29, 0.717) is 6.07 Å². The van der Waals surface area contributed by atoms with Crippen LogP contribution in [0.3, 0.4) is 0 Å².